The molecule has 0 aliphatic heterocycles. The summed E-state index contributed by atoms with van der Waals surface area (Å²) in [4.78, 5) is 0.783. The smallest absolute Gasteiger partial charge is 0.242 e. The Morgan fingerprint density at radius 3 is 2.44 bits per heavy atom. The largest absolute Gasteiger partial charge is 0.250 e. The lowest BCUT2D eigenvalue weighted by molar-refractivity contribution is 0.490. The Labute approximate surface area is 112 Å². The van der Waals surface area contributed by atoms with Crippen molar-refractivity contribution in [2.75, 3.05) is 12.4 Å². The number of sulfonamides is 1. The molecular formula is C12H18FNO2S2. The zero-order valence-corrected chi connectivity index (χ0v) is 12.4. The summed E-state index contributed by atoms with van der Waals surface area (Å²) in [6.07, 6.45) is 0. The highest BCUT2D eigenvalue weighted by Gasteiger charge is 2.24. The highest BCUT2D eigenvalue weighted by Crippen LogP contribution is 2.27. The third kappa shape index (κ3) is 4.59. The maximum absolute atomic E-state index is 12.2. The first kappa shape index (κ1) is 15.5. The van der Waals surface area contributed by atoms with Gasteiger partial charge in [0.25, 0.3) is 0 Å². The van der Waals surface area contributed by atoms with E-state index in [-0.39, 0.29) is 10.6 Å². The van der Waals surface area contributed by atoms with Gasteiger partial charge in [0.2, 0.25) is 10.0 Å². The standard InChI is InChI=1S/C12H18FNO2S2/c1-12(2,3)14-18(15,16)11-7-5-4-6-10(11)17-9-8-13/h4-7,14H,8-9H2,1-3H3. The first-order valence-corrected chi connectivity index (χ1v) is 8.05. The van der Waals surface area contributed by atoms with Crippen molar-refractivity contribution in [3.8, 4) is 0 Å². The Bertz CT molecular complexity index is 495. The number of benzene rings is 1. The molecule has 0 unspecified atom stereocenters. The Hall–Kier alpha value is -0.590. The van der Waals surface area contributed by atoms with Gasteiger partial charge in [-0.2, -0.15) is 0 Å². The van der Waals surface area contributed by atoms with Crippen molar-refractivity contribution >= 4 is 21.8 Å². The second-order valence-corrected chi connectivity index (χ2v) is 7.63. The number of thioether (sulfide) groups is 1. The van der Waals surface area contributed by atoms with E-state index >= 15 is 0 Å². The second kappa shape index (κ2) is 6.04. The van der Waals surface area contributed by atoms with E-state index in [0.717, 1.165) is 0 Å². The molecule has 0 bridgehead atoms. The molecule has 3 nitrogen and oxygen atoms in total. The molecule has 1 aromatic carbocycles. The summed E-state index contributed by atoms with van der Waals surface area (Å²) in [6, 6.07) is 6.64. The van der Waals surface area contributed by atoms with E-state index in [9.17, 15) is 12.8 Å². The predicted molar refractivity (Wildman–Crippen MR) is 73.2 cm³/mol. The van der Waals surface area contributed by atoms with Crippen LogP contribution in [0.2, 0.25) is 0 Å². The second-order valence-electron chi connectivity index (χ2n) is 4.84. The molecule has 0 spiro atoms. The molecule has 0 saturated carbocycles. The molecule has 102 valence electrons. The summed E-state index contributed by atoms with van der Waals surface area (Å²) in [7, 11) is -3.57. The number of rotatable bonds is 5. The van der Waals surface area contributed by atoms with E-state index in [1.54, 1.807) is 39.0 Å². The topological polar surface area (TPSA) is 46.2 Å². The monoisotopic (exact) mass is 291 g/mol. The number of alkyl halides is 1. The van der Waals surface area contributed by atoms with Gasteiger partial charge in [-0.05, 0) is 32.9 Å². The highest BCUT2D eigenvalue weighted by atomic mass is 32.2. The average molecular weight is 291 g/mol. The van der Waals surface area contributed by atoms with E-state index in [1.165, 1.54) is 17.8 Å². The molecule has 6 heteroatoms. The van der Waals surface area contributed by atoms with Gasteiger partial charge < -0.3 is 0 Å². The molecule has 1 aromatic rings. The van der Waals surface area contributed by atoms with Crippen molar-refractivity contribution in [3.05, 3.63) is 24.3 Å². The van der Waals surface area contributed by atoms with Crippen LogP contribution in [0.15, 0.2) is 34.1 Å². The lowest BCUT2D eigenvalue weighted by atomic mass is 10.1. The molecule has 0 aliphatic carbocycles. The van der Waals surface area contributed by atoms with Gasteiger partial charge in [-0.3, -0.25) is 4.39 Å². The molecule has 18 heavy (non-hydrogen) atoms. The van der Waals surface area contributed by atoms with Crippen LogP contribution < -0.4 is 4.72 Å². The minimum atomic E-state index is -3.57. The van der Waals surface area contributed by atoms with E-state index in [0.29, 0.717) is 4.90 Å². The Morgan fingerprint density at radius 1 is 1.28 bits per heavy atom. The van der Waals surface area contributed by atoms with Crippen molar-refractivity contribution in [2.45, 2.75) is 36.1 Å². The molecular weight excluding hydrogens is 273 g/mol. The normalized spacial score (nSPS) is 12.7. The first-order valence-electron chi connectivity index (χ1n) is 5.58. The van der Waals surface area contributed by atoms with Crippen LogP contribution >= 0.6 is 11.8 Å². The zero-order valence-electron chi connectivity index (χ0n) is 10.7. The molecule has 0 aliphatic rings. The maximum atomic E-state index is 12.2. The van der Waals surface area contributed by atoms with Crippen molar-refractivity contribution < 1.29 is 12.8 Å². The Morgan fingerprint density at radius 2 is 1.89 bits per heavy atom. The summed E-state index contributed by atoms with van der Waals surface area (Å²) < 4.78 is 39.2. The fraction of sp³-hybridized carbons (Fsp3) is 0.500. The van der Waals surface area contributed by atoms with Gasteiger partial charge in [-0.1, -0.05) is 12.1 Å². The van der Waals surface area contributed by atoms with E-state index in [2.05, 4.69) is 4.72 Å². The summed E-state index contributed by atoms with van der Waals surface area (Å²) in [6.45, 7) is 4.86. The van der Waals surface area contributed by atoms with Crippen LogP contribution in [0.3, 0.4) is 0 Å². The van der Waals surface area contributed by atoms with Crippen LogP contribution in [-0.4, -0.2) is 26.4 Å². The Kier molecular flexibility index (Phi) is 5.19. The minimum Gasteiger partial charge on any atom is -0.250 e. The highest BCUT2D eigenvalue weighted by molar-refractivity contribution is 8.00. The minimum absolute atomic E-state index is 0.207. The fourth-order valence-electron chi connectivity index (χ4n) is 1.40. The van der Waals surface area contributed by atoms with Crippen LogP contribution in [-0.2, 0) is 10.0 Å². The van der Waals surface area contributed by atoms with E-state index in [1.807, 2.05) is 0 Å². The quantitative estimate of drug-likeness (QED) is 0.849. The molecule has 0 heterocycles. The average Bonchev–Trinajstić information content (AvgIpc) is 2.23. The lowest BCUT2D eigenvalue weighted by Crippen LogP contribution is -2.40. The number of halogens is 1. The molecule has 0 amide bonds. The lowest BCUT2D eigenvalue weighted by Gasteiger charge is -2.21. The van der Waals surface area contributed by atoms with Gasteiger partial charge in [0, 0.05) is 16.2 Å². The van der Waals surface area contributed by atoms with Gasteiger partial charge in [0.15, 0.2) is 0 Å². The van der Waals surface area contributed by atoms with Crippen LogP contribution in [0.5, 0.6) is 0 Å². The summed E-state index contributed by atoms with van der Waals surface area (Å²) in [5, 5.41) is 0. The molecule has 0 fully saturated rings. The van der Waals surface area contributed by atoms with Crippen molar-refractivity contribution in [1.29, 1.82) is 0 Å². The maximum Gasteiger partial charge on any atom is 0.242 e. The fourth-order valence-corrected chi connectivity index (χ4v) is 4.09. The molecule has 1 N–H and O–H groups in total. The number of hydrogen-bond donors (Lipinski definition) is 1. The van der Waals surface area contributed by atoms with Gasteiger partial charge in [0.05, 0.1) is 11.6 Å². The summed E-state index contributed by atoms with van der Waals surface area (Å²) in [5.41, 5.74) is -0.545. The van der Waals surface area contributed by atoms with E-state index in [4.69, 9.17) is 0 Å². The van der Waals surface area contributed by atoms with Crippen LogP contribution in [0, 0.1) is 0 Å². The van der Waals surface area contributed by atoms with Crippen LogP contribution in [0.4, 0.5) is 4.39 Å². The Balaban J connectivity index is 3.08. The zero-order chi connectivity index (χ0) is 13.8. The predicted octanol–water partition coefficient (Wildman–Crippen LogP) is 2.83. The van der Waals surface area contributed by atoms with Gasteiger partial charge in [-0.15, -0.1) is 11.8 Å². The third-order valence-corrected chi connectivity index (χ3v) is 4.88. The molecule has 0 saturated heterocycles. The van der Waals surface area contributed by atoms with Crippen molar-refractivity contribution in [1.82, 2.24) is 4.72 Å². The molecule has 0 radical (unpaired) electrons. The number of nitrogens with one attached hydrogen (secondary N) is 1. The first-order chi connectivity index (χ1) is 8.26. The third-order valence-electron chi connectivity index (χ3n) is 1.91. The molecule has 0 aromatic heterocycles. The van der Waals surface area contributed by atoms with Crippen LogP contribution in [0.25, 0.3) is 0 Å². The van der Waals surface area contributed by atoms with Crippen molar-refractivity contribution in [2.24, 2.45) is 0 Å². The van der Waals surface area contributed by atoms with Gasteiger partial charge >= 0.3 is 0 Å². The summed E-state index contributed by atoms with van der Waals surface area (Å²) in [5.74, 6) is 0.252. The van der Waals surface area contributed by atoms with Gasteiger partial charge in [0.1, 0.15) is 0 Å². The summed E-state index contributed by atoms with van der Waals surface area (Å²) >= 11 is 1.21. The molecule has 0 atom stereocenters. The number of hydrogen-bond acceptors (Lipinski definition) is 3. The molecule has 1 rings (SSSR count). The van der Waals surface area contributed by atoms with Gasteiger partial charge in [-0.25, -0.2) is 13.1 Å². The van der Waals surface area contributed by atoms with Crippen LogP contribution in [0.1, 0.15) is 20.8 Å². The van der Waals surface area contributed by atoms with E-state index < -0.39 is 22.2 Å². The van der Waals surface area contributed by atoms with Crippen molar-refractivity contribution in [3.63, 3.8) is 0 Å². The SMILES string of the molecule is CC(C)(C)NS(=O)(=O)c1ccccc1SCCF.